The molecule has 2 rings (SSSR count). The fraction of sp³-hybridized carbons (Fsp3) is 0.400. The molecule has 14 heavy (non-hydrogen) atoms. The van der Waals surface area contributed by atoms with Gasteiger partial charge in [0.15, 0.2) is 6.79 Å². The van der Waals surface area contributed by atoms with Gasteiger partial charge in [-0.2, -0.15) is 0 Å². The van der Waals surface area contributed by atoms with Crippen LogP contribution in [0.5, 0.6) is 5.75 Å². The molecule has 1 heterocycles. The molecule has 0 saturated heterocycles. The van der Waals surface area contributed by atoms with E-state index < -0.39 is 0 Å². The molecular weight excluding hydrogens is 185 g/mol. The first-order valence-corrected chi connectivity index (χ1v) is 4.47. The molecule has 4 heteroatoms. The molecule has 76 valence electrons. The van der Waals surface area contributed by atoms with Crippen molar-refractivity contribution in [3.8, 4) is 5.75 Å². The molecule has 0 spiro atoms. The molecule has 0 aliphatic carbocycles. The topological polar surface area (TPSA) is 44.5 Å². The van der Waals surface area contributed by atoms with Gasteiger partial charge in [-0.25, -0.2) is 4.39 Å². The minimum atomic E-state index is -0.352. The van der Waals surface area contributed by atoms with Crippen LogP contribution < -0.4 is 10.5 Å². The van der Waals surface area contributed by atoms with Gasteiger partial charge in [0.1, 0.15) is 11.6 Å². The zero-order valence-electron chi connectivity index (χ0n) is 7.92. The molecule has 1 aliphatic rings. The van der Waals surface area contributed by atoms with Gasteiger partial charge in [0.25, 0.3) is 0 Å². The summed E-state index contributed by atoms with van der Waals surface area (Å²) < 4.78 is 23.8. The van der Waals surface area contributed by atoms with Crippen molar-refractivity contribution in [2.24, 2.45) is 5.73 Å². The molecule has 0 saturated carbocycles. The van der Waals surface area contributed by atoms with Crippen LogP contribution in [0.2, 0.25) is 0 Å². The minimum absolute atomic E-state index is 0.219. The van der Waals surface area contributed by atoms with E-state index in [1.165, 1.54) is 6.07 Å². The van der Waals surface area contributed by atoms with Crippen molar-refractivity contribution in [1.82, 2.24) is 0 Å². The monoisotopic (exact) mass is 197 g/mol. The van der Waals surface area contributed by atoms with Crippen molar-refractivity contribution in [3.05, 3.63) is 29.1 Å². The van der Waals surface area contributed by atoms with E-state index in [9.17, 15) is 4.39 Å². The van der Waals surface area contributed by atoms with Crippen LogP contribution in [0.15, 0.2) is 12.1 Å². The van der Waals surface area contributed by atoms with E-state index >= 15 is 0 Å². The van der Waals surface area contributed by atoms with Crippen molar-refractivity contribution >= 4 is 0 Å². The fourth-order valence-electron chi connectivity index (χ4n) is 1.64. The van der Waals surface area contributed by atoms with E-state index in [-0.39, 0.29) is 18.7 Å². The molecule has 0 bridgehead atoms. The predicted octanol–water partition coefficient (Wildman–Crippen LogP) is 1.71. The SMILES string of the molecule is CC(N)c1c(F)ccc2c1COCO2. The quantitative estimate of drug-likeness (QED) is 0.745. The molecule has 1 atom stereocenters. The average molecular weight is 197 g/mol. The first-order valence-electron chi connectivity index (χ1n) is 4.47. The van der Waals surface area contributed by atoms with Crippen LogP contribution in [0.4, 0.5) is 4.39 Å². The molecule has 0 amide bonds. The second-order valence-corrected chi connectivity index (χ2v) is 3.34. The van der Waals surface area contributed by atoms with Gasteiger partial charge >= 0.3 is 0 Å². The van der Waals surface area contributed by atoms with Crippen LogP contribution in [-0.4, -0.2) is 6.79 Å². The van der Waals surface area contributed by atoms with Crippen LogP contribution in [0.3, 0.4) is 0 Å². The van der Waals surface area contributed by atoms with Crippen LogP contribution in [0.1, 0.15) is 24.1 Å². The Bertz CT molecular complexity index is 352. The summed E-state index contributed by atoms with van der Waals surface area (Å²) >= 11 is 0. The lowest BCUT2D eigenvalue weighted by molar-refractivity contribution is -0.0172. The number of hydrogen-bond acceptors (Lipinski definition) is 3. The van der Waals surface area contributed by atoms with Gasteiger partial charge in [-0.15, -0.1) is 0 Å². The molecule has 1 aromatic carbocycles. The average Bonchev–Trinajstić information content (AvgIpc) is 2.17. The summed E-state index contributed by atoms with van der Waals surface area (Å²) in [6.45, 7) is 2.33. The number of hydrogen-bond donors (Lipinski definition) is 1. The van der Waals surface area contributed by atoms with Gasteiger partial charge in [0.2, 0.25) is 0 Å². The summed E-state index contributed by atoms with van der Waals surface area (Å²) in [6.07, 6.45) is 0. The Hall–Kier alpha value is -1.13. The van der Waals surface area contributed by atoms with E-state index in [2.05, 4.69) is 0 Å². The van der Waals surface area contributed by atoms with Crippen molar-refractivity contribution in [1.29, 1.82) is 0 Å². The van der Waals surface area contributed by atoms with Crippen LogP contribution in [0.25, 0.3) is 0 Å². The molecule has 2 N–H and O–H groups in total. The van der Waals surface area contributed by atoms with Crippen molar-refractivity contribution in [2.75, 3.05) is 6.79 Å². The number of benzene rings is 1. The first kappa shape index (κ1) is 9.43. The third-order valence-corrected chi connectivity index (χ3v) is 2.26. The highest BCUT2D eigenvalue weighted by atomic mass is 19.1. The Morgan fingerprint density at radius 1 is 1.50 bits per heavy atom. The molecule has 0 fully saturated rings. The van der Waals surface area contributed by atoms with E-state index in [1.54, 1.807) is 13.0 Å². The van der Waals surface area contributed by atoms with Gasteiger partial charge in [0, 0.05) is 17.2 Å². The van der Waals surface area contributed by atoms with Crippen molar-refractivity contribution in [3.63, 3.8) is 0 Å². The summed E-state index contributed by atoms with van der Waals surface area (Å²) in [5, 5.41) is 0. The van der Waals surface area contributed by atoms with E-state index in [4.69, 9.17) is 15.2 Å². The maximum absolute atomic E-state index is 13.4. The van der Waals surface area contributed by atoms with Crippen molar-refractivity contribution in [2.45, 2.75) is 19.6 Å². The molecule has 0 radical (unpaired) electrons. The maximum Gasteiger partial charge on any atom is 0.189 e. The molecule has 3 nitrogen and oxygen atoms in total. The Kier molecular flexibility index (Phi) is 2.39. The Labute approximate surface area is 81.6 Å². The Morgan fingerprint density at radius 2 is 2.29 bits per heavy atom. The first-order chi connectivity index (χ1) is 6.70. The molecular formula is C10H12FNO2. The molecule has 0 aromatic heterocycles. The minimum Gasteiger partial charge on any atom is -0.467 e. The molecule has 1 unspecified atom stereocenters. The zero-order valence-corrected chi connectivity index (χ0v) is 7.92. The number of ether oxygens (including phenoxy) is 2. The lowest BCUT2D eigenvalue weighted by atomic mass is 10.0. The number of fused-ring (bicyclic) bond motifs is 1. The highest BCUT2D eigenvalue weighted by Gasteiger charge is 2.20. The highest BCUT2D eigenvalue weighted by Crippen LogP contribution is 2.31. The lowest BCUT2D eigenvalue weighted by Crippen LogP contribution is -2.18. The summed E-state index contributed by atoms with van der Waals surface area (Å²) in [7, 11) is 0. The van der Waals surface area contributed by atoms with E-state index in [0.717, 1.165) is 5.56 Å². The van der Waals surface area contributed by atoms with Gasteiger partial charge in [-0.05, 0) is 19.1 Å². The normalized spacial score (nSPS) is 17.1. The third-order valence-electron chi connectivity index (χ3n) is 2.26. The Morgan fingerprint density at radius 3 is 3.00 bits per heavy atom. The van der Waals surface area contributed by atoms with Gasteiger partial charge in [-0.3, -0.25) is 0 Å². The fourth-order valence-corrected chi connectivity index (χ4v) is 1.64. The van der Waals surface area contributed by atoms with E-state index in [0.29, 0.717) is 17.9 Å². The van der Waals surface area contributed by atoms with Crippen LogP contribution in [0, 0.1) is 5.82 Å². The Balaban J connectivity index is 2.55. The van der Waals surface area contributed by atoms with Gasteiger partial charge in [-0.1, -0.05) is 0 Å². The summed E-state index contributed by atoms with van der Waals surface area (Å²) in [5.74, 6) is 0.373. The van der Waals surface area contributed by atoms with E-state index in [1.807, 2.05) is 0 Å². The third kappa shape index (κ3) is 1.47. The summed E-state index contributed by atoms with van der Waals surface area (Å²) in [6, 6.07) is 2.64. The van der Waals surface area contributed by atoms with Crippen molar-refractivity contribution < 1.29 is 13.9 Å². The second kappa shape index (κ2) is 3.55. The molecule has 1 aromatic rings. The van der Waals surface area contributed by atoms with Gasteiger partial charge in [0.05, 0.1) is 6.61 Å². The smallest absolute Gasteiger partial charge is 0.189 e. The van der Waals surface area contributed by atoms with Crippen LogP contribution in [-0.2, 0) is 11.3 Å². The maximum atomic E-state index is 13.4. The molecule has 1 aliphatic heterocycles. The second-order valence-electron chi connectivity index (χ2n) is 3.34. The van der Waals surface area contributed by atoms with Gasteiger partial charge < -0.3 is 15.2 Å². The summed E-state index contributed by atoms with van der Waals surface area (Å²) in [5.41, 5.74) is 6.90. The standard InChI is InChI=1S/C10H12FNO2/c1-6(12)10-7-4-13-5-14-9(7)3-2-8(10)11/h2-3,6H,4-5,12H2,1H3. The number of nitrogens with two attached hydrogens (primary N) is 1. The lowest BCUT2D eigenvalue weighted by Gasteiger charge is -2.22. The zero-order chi connectivity index (χ0) is 10.1. The largest absolute Gasteiger partial charge is 0.467 e. The number of halogens is 1. The summed E-state index contributed by atoms with van der Waals surface area (Å²) in [4.78, 5) is 0. The number of rotatable bonds is 1. The van der Waals surface area contributed by atoms with Crippen LogP contribution >= 0.6 is 0 Å². The highest BCUT2D eigenvalue weighted by molar-refractivity contribution is 5.42. The predicted molar refractivity (Wildman–Crippen MR) is 49.3 cm³/mol.